The van der Waals surface area contributed by atoms with Gasteiger partial charge in [0.15, 0.2) is 9.84 Å². The number of halogens is 1. The molecule has 0 radical (unpaired) electrons. The fourth-order valence-electron chi connectivity index (χ4n) is 2.61. The summed E-state index contributed by atoms with van der Waals surface area (Å²) in [7, 11) is -7.82. The van der Waals surface area contributed by atoms with Gasteiger partial charge >= 0.3 is 0 Å². The second kappa shape index (κ2) is 8.12. The van der Waals surface area contributed by atoms with Crippen LogP contribution in [0, 0.1) is 12.7 Å². The summed E-state index contributed by atoms with van der Waals surface area (Å²) in [6, 6.07) is 14.1. The van der Waals surface area contributed by atoms with Crippen LogP contribution in [0.15, 0.2) is 75.8 Å². The van der Waals surface area contributed by atoms with Gasteiger partial charge in [-0.1, -0.05) is 23.8 Å². The van der Waals surface area contributed by atoms with E-state index >= 15 is 0 Å². The van der Waals surface area contributed by atoms with Crippen molar-refractivity contribution in [2.45, 2.75) is 22.0 Å². The third-order valence-electron chi connectivity index (χ3n) is 4.17. The summed E-state index contributed by atoms with van der Waals surface area (Å²) in [5.74, 6) is -0.549. The van der Waals surface area contributed by atoms with E-state index in [0.29, 0.717) is 4.88 Å². The van der Waals surface area contributed by atoms with Crippen molar-refractivity contribution in [1.29, 1.82) is 0 Å². The Hall–Kier alpha value is -2.07. The highest BCUT2D eigenvalue weighted by Gasteiger charge is 2.31. The molecule has 0 aliphatic heterocycles. The summed E-state index contributed by atoms with van der Waals surface area (Å²) in [6.07, 6.45) is 0. The first-order chi connectivity index (χ1) is 13.2. The highest BCUT2D eigenvalue weighted by molar-refractivity contribution is 7.92. The van der Waals surface area contributed by atoms with Gasteiger partial charge in [-0.2, -0.15) is 0 Å². The van der Waals surface area contributed by atoms with Crippen LogP contribution in [-0.4, -0.2) is 23.4 Å². The van der Waals surface area contributed by atoms with Gasteiger partial charge in [-0.15, -0.1) is 11.3 Å². The molecule has 1 heterocycles. The molecule has 0 bridgehead atoms. The first-order valence-electron chi connectivity index (χ1n) is 8.29. The highest BCUT2D eigenvalue weighted by Crippen LogP contribution is 2.32. The van der Waals surface area contributed by atoms with E-state index in [4.69, 9.17) is 0 Å². The molecule has 0 fully saturated rings. The fraction of sp³-hybridized carbons (Fsp3) is 0.158. The molecule has 3 rings (SSSR count). The van der Waals surface area contributed by atoms with Crippen LogP contribution in [0.25, 0.3) is 0 Å². The lowest BCUT2D eigenvalue weighted by Gasteiger charge is -2.17. The first kappa shape index (κ1) is 20.7. The Bertz CT molecular complexity index is 1140. The van der Waals surface area contributed by atoms with Gasteiger partial charge in [0.25, 0.3) is 0 Å². The maximum Gasteiger partial charge on any atom is 0.240 e. The Labute approximate surface area is 167 Å². The molecule has 0 amide bonds. The SMILES string of the molecule is Cc1ccc(S(=O)(=O)NC[C@@H](c2cccs2)S(=O)(=O)c2ccc(F)cc2)cc1. The lowest BCUT2D eigenvalue weighted by Crippen LogP contribution is -2.31. The van der Waals surface area contributed by atoms with Gasteiger partial charge in [-0.25, -0.2) is 25.9 Å². The zero-order valence-electron chi connectivity index (χ0n) is 14.9. The van der Waals surface area contributed by atoms with Crippen molar-refractivity contribution in [1.82, 2.24) is 4.72 Å². The van der Waals surface area contributed by atoms with Crippen LogP contribution in [0.5, 0.6) is 0 Å². The second-order valence-electron chi connectivity index (χ2n) is 6.17. The van der Waals surface area contributed by atoms with Gasteiger partial charge in [0, 0.05) is 11.4 Å². The van der Waals surface area contributed by atoms with Crippen molar-refractivity contribution in [3.05, 3.63) is 82.3 Å². The molecule has 0 aliphatic carbocycles. The minimum atomic E-state index is -3.94. The normalized spacial score (nSPS) is 13.4. The fourth-order valence-corrected chi connectivity index (χ4v) is 6.55. The molecular formula is C19H18FNO4S3. The van der Waals surface area contributed by atoms with Crippen molar-refractivity contribution in [2.75, 3.05) is 6.54 Å². The van der Waals surface area contributed by atoms with Gasteiger partial charge < -0.3 is 0 Å². The molecule has 0 saturated heterocycles. The molecule has 1 atom stereocenters. The number of rotatable bonds is 7. The monoisotopic (exact) mass is 439 g/mol. The molecule has 1 aromatic heterocycles. The standard InChI is InChI=1S/C19H18FNO4S3/c1-14-4-8-17(9-5-14)28(24,25)21-13-19(18-3-2-12-26-18)27(22,23)16-10-6-15(20)7-11-16/h2-12,19,21H,13H2,1H3/t19-/m0/s1. The quantitative estimate of drug-likeness (QED) is 0.570. The first-order valence-corrected chi connectivity index (χ1v) is 12.2. The number of hydrogen-bond donors (Lipinski definition) is 1. The summed E-state index contributed by atoms with van der Waals surface area (Å²) in [5, 5.41) is 0.593. The van der Waals surface area contributed by atoms with Crippen molar-refractivity contribution >= 4 is 31.2 Å². The maximum absolute atomic E-state index is 13.2. The van der Waals surface area contributed by atoms with Crippen LogP contribution in [-0.2, 0) is 19.9 Å². The molecule has 0 spiro atoms. The summed E-state index contributed by atoms with van der Waals surface area (Å²) in [4.78, 5) is 0.486. The number of sulfonamides is 1. The number of sulfone groups is 1. The predicted molar refractivity (Wildman–Crippen MR) is 107 cm³/mol. The summed E-state index contributed by atoms with van der Waals surface area (Å²) in [6.45, 7) is 1.50. The van der Waals surface area contributed by atoms with Crippen molar-refractivity contribution in [3.63, 3.8) is 0 Å². The molecule has 1 N–H and O–H groups in total. The molecule has 2 aromatic carbocycles. The zero-order valence-corrected chi connectivity index (χ0v) is 17.3. The van der Waals surface area contributed by atoms with Gasteiger partial charge in [0.2, 0.25) is 10.0 Å². The molecule has 9 heteroatoms. The average Bonchev–Trinajstić information content (AvgIpc) is 3.16. The van der Waals surface area contributed by atoms with Crippen LogP contribution in [0.4, 0.5) is 4.39 Å². The third kappa shape index (κ3) is 4.49. The summed E-state index contributed by atoms with van der Waals surface area (Å²) in [5.41, 5.74) is 0.911. The molecule has 28 heavy (non-hydrogen) atoms. The topological polar surface area (TPSA) is 80.3 Å². The van der Waals surface area contributed by atoms with Crippen molar-refractivity contribution < 1.29 is 21.2 Å². The predicted octanol–water partition coefficient (Wildman–Crippen LogP) is 3.69. The second-order valence-corrected chi connectivity index (χ2v) is 11.0. The van der Waals surface area contributed by atoms with Gasteiger partial charge in [-0.3, -0.25) is 0 Å². The van der Waals surface area contributed by atoms with Crippen LogP contribution in [0.1, 0.15) is 15.7 Å². The number of hydrogen-bond acceptors (Lipinski definition) is 5. The van der Waals surface area contributed by atoms with E-state index in [1.165, 1.54) is 35.6 Å². The van der Waals surface area contributed by atoms with Gasteiger partial charge in [-0.05, 0) is 54.8 Å². The lowest BCUT2D eigenvalue weighted by molar-refractivity contribution is 0.569. The van der Waals surface area contributed by atoms with Crippen LogP contribution in [0.2, 0.25) is 0 Å². The lowest BCUT2D eigenvalue weighted by atomic mass is 10.2. The maximum atomic E-state index is 13.2. The smallest absolute Gasteiger partial charge is 0.223 e. The minimum Gasteiger partial charge on any atom is -0.223 e. The molecule has 0 unspecified atom stereocenters. The number of aryl methyl sites for hydroxylation is 1. The van der Waals surface area contributed by atoms with Crippen molar-refractivity contribution in [2.24, 2.45) is 0 Å². The average molecular weight is 440 g/mol. The van der Waals surface area contributed by atoms with E-state index in [0.717, 1.165) is 17.7 Å². The minimum absolute atomic E-state index is 0.0576. The van der Waals surface area contributed by atoms with Crippen molar-refractivity contribution in [3.8, 4) is 0 Å². The molecule has 148 valence electrons. The molecule has 0 aliphatic rings. The number of thiophene rings is 1. The largest absolute Gasteiger partial charge is 0.240 e. The van der Waals surface area contributed by atoms with E-state index in [1.54, 1.807) is 29.6 Å². The summed E-state index contributed by atoms with van der Waals surface area (Å²) < 4.78 is 66.9. The van der Waals surface area contributed by atoms with E-state index in [-0.39, 0.29) is 16.3 Å². The summed E-state index contributed by atoms with van der Waals surface area (Å²) >= 11 is 1.22. The molecule has 3 aromatic rings. The Morgan fingerprint density at radius 3 is 2.11 bits per heavy atom. The molecular weight excluding hydrogens is 421 g/mol. The molecule has 5 nitrogen and oxygen atoms in total. The Balaban J connectivity index is 1.91. The van der Waals surface area contributed by atoms with Crippen LogP contribution >= 0.6 is 11.3 Å². The highest BCUT2D eigenvalue weighted by atomic mass is 32.2. The molecule has 0 saturated carbocycles. The van der Waals surface area contributed by atoms with E-state index < -0.39 is 30.9 Å². The number of nitrogens with one attached hydrogen (secondary N) is 1. The number of benzene rings is 2. The Morgan fingerprint density at radius 2 is 1.54 bits per heavy atom. The van der Waals surface area contributed by atoms with E-state index in [1.807, 2.05) is 6.92 Å². The van der Waals surface area contributed by atoms with E-state index in [9.17, 15) is 21.2 Å². The third-order valence-corrected chi connectivity index (χ3v) is 8.84. The van der Waals surface area contributed by atoms with Crippen LogP contribution in [0.3, 0.4) is 0 Å². The van der Waals surface area contributed by atoms with Crippen LogP contribution < -0.4 is 4.72 Å². The van der Waals surface area contributed by atoms with E-state index in [2.05, 4.69) is 4.72 Å². The zero-order chi connectivity index (χ0) is 20.4. The van der Waals surface area contributed by atoms with Gasteiger partial charge in [0.05, 0.1) is 9.79 Å². The Morgan fingerprint density at radius 1 is 0.929 bits per heavy atom. The van der Waals surface area contributed by atoms with Gasteiger partial charge in [0.1, 0.15) is 11.1 Å². The Kier molecular flexibility index (Phi) is 5.99.